The zero-order valence-electron chi connectivity index (χ0n) is 12.8. The molecule has 0 unspecified atom stereocenters. The number of alkyl carbamates (subject to hydrolysis) is 1. The fraction of sp³-hybridized carbons (Fsp3) is 0.167. The van der Waals surface area contributed by atoms with Gasteiger partial charge < -0.3 is 10.1 Å². The van der Waals surface area contributed by atoms with E-state index in [2.05, 4.69) is 5.32 Å². The van der Waals surface area contributed by atoms with Crippen LogP contribution in [0.1, 0.15) is 17.5 Å². The van der Waals surface area contributed by atoms with Crippen LogP contribution in [0.5, 0.6) is 0 Å². The third-order valence-electron chi connectivity index (χ3n) is 3.11. The SMILES string of the molecule is O=C(NCCC=Cc1cc(F)c(Cl)c(F)c1)OCc1ccccc1. The van der Waals surface area contributed by atoms with E-state index in [1.807, 2.05) is 30.3 Å². The summed E-state index contributed by atoms with van der Waals surface area (Å²) in [5.74, 6) is -1.61. The lowest BCUT2D eigenvalue weighted by atomic mass is 10.2. The van der Waals surface area contributed by atoms with Gasteiger partial charge in [0.05, 0.1) is 0 Å². The van der Waals surface area contributed by atoms with Crippen LogP contribution in [0.25, 0.3) is 6.08 Å². The Morgan fingerprint density at radius 1 is 1.17 bits per heavy atom. The van der Waals surface area contributed by atoms with Crippen LogP contribution in [0.2, 0.25) is 5.02 Å². The molecule has 0 radical (unpaired) electrons. The molecule has 0 aliphatic carbocycles. The van der Waals surface area contributed by atoms with E-state index in [1.165, 1.54) is 0 Å². The van der Waals surface area contributed by atoms with Gasteiger partial charge in [-0.15, -0.1) is 0 Å². The molecule has 0 bridgehead atoms. The Bertz CT molecular complexity index is 697. The number of hydrogen-bond donors (Lipinski definition) is 1. The first-order chi connectivity index (χ1) is 11.6. The quantitative estimate of drug-likeness (QED) is 0.591. The van der Waals surface area contributed by atoms with Crippen LogP contribution in [-0.2, 0) is 11.3 Å². The van der Waals surface area contributed by atoms with Crippen LogP contribution in [-0.4, -0.2) is 12.6 Å². The van der Waals surface area contributed by atoms with Crippen molar-refractivity contribution in [1.29, 1.82) is 0 Å². The van der Waals surface area contributed by atoms with Gasteiger partial charge in [0.25, 0.3) is 0 Å². The van der Waals surface area contributed by atoms with Crippen LogP contribution >= 0.6 is 11.6 Å². The van der Waals surface area contributed by atoms with Crippen molar-refractivity contribution in [2.75, 3.05) is 6.54 Å². The Balaban J connectivity index is 1.69. The fourth-order valence-corrected chi connectivity index (χ4v) is 2.03. The summed E-state index contributed by atoms with van der Waals surface area (Å²) in [6.45, 7) is 0.550. The molecule has 1 amide bonds. The molecule has 6 heteroatoms. The maximum Gasteiger partial charge on any atom is 0.407 e. The third-order valence-corrected chi connectivity index (χ3v) is 3.47. The van der Waals surface area contributed by atoms with Gasteiger partial charge in [0.15, 0.2) is 0 Å². The number of benzene rings is 2. The fourth-order valence-electron chi connectivity index (χ4n) is 1.92. The van der Waals surface area contributed by atoms with Gasteiger partial charge in [0, 0.05) is 6.54 Å². The van der Waals surface area contributed by atoms with E-state index in [-0.39, 0.29) is 6.61 Å². The molecular formula is C18H16ClF2NO2. The molecule has 1 N–H and O–H groups in total. The highest BCUT2D eigenvalue weighted by molar-refractivity contribution is 6.30. The second-order valence-electron chi connectivity index (χ2n) is 4.98. The van der Waals surface area contributed by atoms with Crippen molar-refractivity contribution in [3.05, 3.63) is 76.3 Å². The van der Waals surface area contributed by atoms with Crippen LogP contribution < -0.4 is 5.32 Å². The van der Waals surface area contributed by atoms with Gasteiger partial charge in [0.2, 0.25) is 0 Å². The van der Waals surface area contributed by atoms with E-state index in [1.54, 1.807) is 12.2 Å². The molecule has 0 aliphatic rings. The summed E-state index contributed by atoms with van der Waals surface area (Å²) >= 11 is 5.41. The summed E-state index contributed by atoms with van der Waals surface area (Å²) in [5.41, 5.74) is 1.26. The Morgan fingerprint density at radius 2 is 1.83 bits per heavy atom. The summed E-state index contributed by atoms with van der Waals surface area (Å²) in [5, 5.41) is 2.07. The summed E-state index contributed by atoms with van der Waals surface area (Å²) in [4.78, 5) is 11.5. The van der Waals surface area contributed by atoms with Crippen molar-refractivity contribution in [1.82, 2.24) is 5.32 Å². The molecule has 126 valence electrons. The lowest BCUT2D eigenvalue weighted by Crippen LogP contribution is -2.24. The molecule has 0 spiro atoms. The predicted octanol–water partition coefficient (Wildman–Crippen LogP) is 4.95. The minimum atomic E-state index is -0.807. The van der Waals surface area contributed by atoms with E-state index in [9.17, 15) is 13.6 Å². The largest absolute Gasteiger partial charge is 0.445 e. The Labute approximate surface area is 143 Å². The van der Waals surface area contributed by atoms with Gasteiger partial charge >= 0.3 is 6.09 Å². The minimum absolute atomic E-state index is 0.200. The Morgan fingerprint density at radius 3 is 2.50 bits per heavy atom. The summed E-state index contributed by atoms with van der Waals surface area (Å²) in [6, 6.07) is 11.6. The lowest BCUT2D eigenvalue weighted by molar-refractivity contribution is 0.140. The average molecular weight is 352 g/mol. The van der Waals surface area contributed by atoms with Gasteiger partial charge in [0.1, 0.15) is 23.3 Å². The molecule has 0 heterocycles. The van der Waals surface area contributed by atoms with Crippen LogP contribution in [0.4, 0.5) is 13.6 Å². The molecule has 0 aliphatic heterocycles. The van der Waals surface area contributed by atoms with E-state index >= 15 is 0 Å². The average Bonchev–Trinajstić information content (AvgIpc) is 2.58. The number of rotatable bonds is 6. The molecule has 0 atom stereocenters. The highest BCUT2D eigenvalue weighted by Crippen LogP contribution is 2.21. The topological polar surface area (TPSA) is 38.3 Å². The van der Waals surface area contributed by atoms with Crippen molar-refractivity contribution in [3.63, 3.8) is 0 Å². The summed E-state index contributed by atoms with van der Waals surface area (Å²) < 4.78 is 31.6. The molecule has 24 heavy (non-hydrogen) atoms. The van der Waals surface area contributed by atoms with Crippen LogP contribution in [0, 0.1) is 11.6 Å². The Hall–Kier alpha value is -2.40. The predicted molar refractivity (Wildman–Crippen MR) is 89.6 cm³/mol. The van der Waals surface area contributed by atoms with Gasteiger partial charge in [-0.25, -0.2) is 13.6 Å². The van der Waals surface area contributed by atoms with Crippen LogP contribution in [0.15, 0.2) is 48.5 Å². The number of amides is 1. The molecule has 0 saturated heterocycles. The van der Waals surface area contributed by atoms with E-state index in [4.69, 9.17) is 16.3 Å². The number of halogens is 3. The number of carbonyl (C=O) groups is 1. The van der Waals surface area contributed by atoms with E-state index < -0.39 is 22.8 Å². The first kappa shape index (κ1) is 17.9. The highest BCUT2D eigenvalue weighted by Gasteiger charge is 2.07. The smallest absolute Gasteiger partial charge is 0.407 e. The molecule has 0 aromatic heterocycles. The molecule has 2 rings (SSSR count). The standard InChI is InChI=1S/C18H16ClF2NO2/c19-17-15(20)10-14(11-16(17)21)8-4-5-9-22-18(23)24-12-13-6-2-1-3-7-13/h1-4,6-8,10-11H,5,9,12H2,(H,22,23). The van der Waals surface area contributed by atoms with Crippen molar-refractivity contribution >= 4 is 23.8 Å². The van der Waals surface area contributed by atoms with Crippen molar-refractivity contribution < 1.29 is 18.3 Å². The third kappa shape index (κ3) is 5.66. The normalized spacial score (nSPS) is 10.8. The van der Waals surface area contributed by atoms with Gasteiger partial charge in [-0.1, -0.05) is 54.1 Å². The second kappa shape index (κ2) is 9.03. The molecular weight excluding hydrogens is 336 g/mol. The van der Waals surface area contributed by atoms with Crippen molar-refractivity contribution in [3.8, 4) is 0 Å². The van der Waals surface area contributed by atoms with Crippen molar-refractivity contribution in [2.24, 2.45) is 0 Å². The Kier molecular flexibility index (Phi) is 6.75. The number of carbonyl (C=O) groups excluding carboxylic acids is 1. The van der Waals surface area contributed by atoms with Gasteiger partial charge in [-0.3, -0.25) is 0 Å². The monoisotopic (exact) mass is 351 g/mol. The van der Waals surface area contributed by atoms with E-state index in [0.717, 1.165) is 17.7 Å². The lowest BCUT2D eigenvalue weighted by Gasteiger charge is -2.05. The molecule has 0 saturated carbocycles. The summed E-state index contributed by atoms with van der Waals surface area (Å²) in [6.07, 6.45) is 3.22. The maximum atomic E-state index is 13.3. The molecule has 3 nitrogen and oxygen atoms in total. The number of ether oxygens (including phenoxy) is 1. The van der Waals surface area contributed by atoms with Crippen molar-refractivity contribution in [2.45, 2.75) is 13.0 Å². The number of hydrogen-bond acceptors (Lipinski definition) is 2. The van der Waals surface area contributed by atoms with Crippen LogP contribution in [0.3, 0.4) is 0 Å². The first-order valence-electron chi connectivity index (χ1n) is 7.32. The van der Waals surface area contributed by atoms with Gasteiger partial charge in [-0.2, -0.15) is 0 Å². The summed E-state index contributed by atoms with van der Waals surface area (Å²) in [7, 11) is 0. The zero-order valence-corrected chi connectivity index (χ0v) is 13.5. The molecule has 2 aromatic rings. The maximum absolute atomic E-state index is 13.3. The zero-order chi connectivity index (χ0) is 17.4. The van der Waals surface area contributed by atoms with E-state index in [0.29, 0.717) is 18.5 Å². The molecule has 2 aromatic carbocycles. The second-order valence-corrected chi connectivity index (χ2v) is 5.36. The molecule has 0 fully saturated rings. The van der Waals surface area contributed by atoms with Gasteiger partial charge in [-0.05, 0) is 29.7 Å². The number of nitrogens with one attached hydrogen (secondary N) is 1. The minimum Gasteiger partial charge on any atom is -0.445 e. The highest BCUT2D eigenvalue weighted by atomic mass is 35.5. The first-order valence-corrected chi connectivity index (χ1v) is 7.69.